The van der Waals surface area contributed by atoms with Crippen LogP contribution in [0.5, 0.6) is 0 Å². The highest BCUT2D eigenvalue weighted by Crippen LogP contribution is 2.22. The number of rotatable bonds is 4. The second kappa shape index (κ2) is 5.83. The lowest BCUT2D eigenvalue weighted by atomic mass is 10.1. The Hall–Kier alpha value is -1.92. The molecule has 6 nitrogen and oxygen atoms in total. The van der Waals surface area contributed by atoms with E-state index in [0.29, 0.717) is 9.92 Å². The highest BCUT2D eigenvalue weighted by Gasteiger charge is 2.44. The zero-order chi connectivity index (χ0) is 15.7. The van der Waals surface area contributed by atoms with Crippen LogP contribution in [0.15, 0.2) is 18.2 Å². The molecular weight excluding hydrogens is 319 g/mol. The number of Topliss-reactive ketones (excluding diaryl/α,β-unsaturated/α-hetero) is 1. The van der Waals surface area contributed by atoms with Crippen molar-refractivity contribution in [2.24, 2.45) is 0 Å². The van der Waals surface area contributed by atoms with Crippen LogP contribution in [0.3, 0.4) is 0 Å². The maximum absolute atomic E-state index is 12.1. The normalized spacial score (nSPS) is 15.1. The third-order valence-corrected chi connectivity index (χ3v) is 3.53. The first kappa shape index (κ1) is 15.5. The van der Waals surface area contributed by atoms with Gasteiger partial charge in [-0.25, -0.2) is 9.69 Å². The van der Waals surface area contributed by atoms with Crippen molar-refractivity contribution in [1.29, 1.82) is 0 Å². The van der Waals surface area contributed by atoms with Gasteiger partial charge in [-0.3, -0.25) is 19.3 Å². The summed E-state index contributed by atoms with van der Waals surface area (Å²) >= 11 is 11.6. The molecule has 4 amide bonds. The topological polar surface area (TPSA) is 74.8 Å². The Balaban J connectivity index is 2.22. The fourth-order valence-electron chi connectivity index (χ4n) is 1.91. The highest BCUT2D eigenvalue weighted by molar-refractivity contribution is 6.45. The molecule has 0 aromatic heterocycles. The smallest absolute Gasteiger partial charge is 0.292 e. The molecule has 1 fully saturated rings. The standard InChI is InChI=1S/C13H10Cl2N2O4/c1-2-16-11(19)12(20)17(13(16)21)6-10(18)8-4-3-7(14)5-9(8)15/h3-5H,2,6H2,1H3. The number of hydrogen-bond donors (Lipinski definition) is 0. The molecule has 0 saturated carbocycles. The van der Waals surface area contributed by atoms with Gasteiger partial charge in [0.2, 0.25) is 0 Å². The summed E-state index contributed by atoms with van der Waals surface area (Å²) < 4.78 is 0. The van der Waals surface area contributed by atoms with E-state index in [1.165, 1.54) is 18.2 Å². The van der Waals surface area contributed by atoms with Crippen LogP contribution < -0.4 is 0 Å². The van der Waals surface area contributed by atoms with Gasteiger partial charge in [0.1, 0.15) is 0 Å². The number of carbonyl (C=O) groups excluding carboxylic acids is 4. The van der Waals surface area contributed by atoms with Gasteiger partial charge >= 0.3 is 17.8 Å². The van der Waals surface area contributed by atoms with E-state index >= 15 is 0 Å². The first-order chi connectivity index (χ1) is 9.86. The molecule has 21 heavy (non-hydrogen) atoms. The first-order valence-electron chi connectivity index (χ1n) is 6.02. The Morgan fingerprint density at radius 1 is 1.10 bits per heavy atom. The summed E-state index contributed by atoms with van der Waals surface area (Å²) in [4.78, 5) is 48.6. The minimum atomic E-state index is -1.01. The second-order valence-corrected chi connectivity index (χ2v) is 5.11. The Morgan fingerprint density at radius 3 is 2.24 bits per heavy atom. The third-order valence-electron chi connectivity index (χ3n) is 2.98. The summed E-state index contributed by atoms with van der Waals surface area (Å²) in [5.74, 6) is -2.50. The summed E-state index contributed by atoms with van der Waals surface area (Å²) in [7, 11) is 0. The molecule has 0 N–H and O–H groups in total. The van der Waals surface area contributed by atoms with Gasteiger partial charge in [0, 0.05) is 17.1 Å². The molecule has 1 aromatic carbocycles. The van der Waals surface area contributed by atoms with E-state index in [4.69, 9.17) is 23.2 Å². The van der Waals surface area contributed by atoms with Crippen molar-refractivity contribution in [3.8, 4) is 0 Å². The van der Waals surface area contributed by atoms with Gasteiger partial charge < -0.3 is 0 Å². The van der Waals surface area contributed by atoms with Crippen molar-refractivity contribution in [2.75, 3.05) is 13.1 Å². The van der Waals surface area contributed by atoms with Gasteiger partial charge in [0.25, 0.3) is 0 Å². The largest absolute Gasteiger partial charge is 0.334 e. The van der Waals surface area contributed by atoms with Gasteiger partial charge in [-0.1, -0.05) is 23.2 Å². The minimum absolute atomic E-state index is 0.0653. The Kier molecular flexibility index (Phi) is 4.29. The molecule has 0 aliphatic carbocycles. The molecule has 110 valence electrons. The number of halogens is 2. The van der Waals surface area contributed by atoms with Gasteiger partial charge in [-0.2, -0.15) is 0 Å². The summed E-state index contributed by atoms with van der Waals surface area (Å²) in [5.41, 5.74) is 0.129. The number of hydrogen-bond acceptors (Lipinski definition) is 4. The predicted molar refractivity (Wildman–Crippen MR) is 75.3 cm³/mol. The lowest BCUT2D eigenvalue weighted by Gasteiger charge is -2.13. The number of imide groups is 2. The summed E-state index contributed by atoms with van der Waals surface area (Å²) in [5, 5.41) is 0.475. The SMILES string of the molecule is CCN1C(=O)C(=O)N(CC(=O)c2ccc(Cl)cc2Cl)C1=O. The molecule has 0 radical (unpaired) electrons. The predicted octanol–water partition coefficient (Wildman–Crippen LogP) is 1.99. The van der Waals surface area contributed by atoms with Gasteiger partial charge in [-0.15, -0.1) is 0 Å². The maximum atomic E-state index is 12.1. The molecule has 1 saturated heterocycles. The van der Waals surface area contributed by atoms with Gasteiger partial charge in [0.05, 0.1) is 11.6 Å². The zero-order valence-electron chi connectivity index (χ0n) is 10.9. The fourth-order valence-corrected chi connectivity index (χ4v) is 2.43. The Morgan fingerprint density at radius 2 is 1.71 bits per heavy atom. The highest BCUT2D eigenvalue weighted by atomic mass is 35.5. The van der Waals surface area contributed by atoms with E-state index < -0.39 is 30.2 Å². The summed E-state index contributed by atoms with van der Waals surface area (Å²) in [6, 6.07) is 3.45. The Bertz CT molecular complexity index is 660. The quantitative estimate of drug-likeness (QED) is 0.481. The van der Waals surface area contributed by atoms with Gasteiger partial charge in [-0.05, 0) is 25.1 Å². The fraction of sp³-hybridized carbons (Fsp3) is 0.231. The average molecular weight is 329 g/mol. The summed E-state index contributed by atoms with van der Waals surface area (Å²) in [6.07, 6.45) is 0. The molecule has 1 aliphatic rings. The van der Waals surface area contributed by atoms with E-state index in [1.54, 1.807) is 6.92 Å². The molecule has 0 spiro atoms. The molecule has 1 aromatic rings. The maximum Gasteiger partial charge on any atom is 0.334 e. The number of carbonyl (C=O) groups is 4. The van der Waals surface area contributed by atoms with Crippen molar-refractivity contribution >= 4 is 46.8 Å². The third kappa shape index (κ3) is 2.77. The van der Waals surface area contributed by atoms with Gasteiger partial charge in [0.15, 0.2) is 5.78 Å². The lowest BCUT2D eigenvalue weighted by molar-refractivity contribution is -0.143. The number of ketones is 1. The van der Waals surface area contributed by atoms with Crippen molar-refractivity contribution in [3.63, 3.8) is 0 Å². The van der Waals surface area contributed by atoms with E-state index in [0.717, 1.165) is 4.90 Å². The van der Waals surface area contributed by atoms with Crippen LogP contribution in [0.25, 0.3) is 0 Å². The van der Waals surface area contributed by atoms with Crippen molar-refractivity contribution in [2.45, 2.75) is 6.92 Å². The number of urea groups is 1. The van der Waals surface area contributed by atoms with E-state index in [1.807, 2.05) is 0 Å². The number of amides is 4. The van der Waals surface area contributed by atoms with E-state index in [2.05, 4.69) is 0 Å². The number of likely N-dealkylation sites (N-methyl/N-ethyl adjacent to an activating group) is 1. The number of benzene rings is 1. The molecule has 0 atom stereocenters. The molecule has 1 heterocycles. The Labute approximate surface area is 130 Å². The van der Waals surface area contributed by atoms with Crippen LogP contribution in [0.4, 0.5) is 4.79 Å². The lowest BCUT2D eigenvalue weighted by Crippen LogP contribution is -2.37. The monoisotopic (exact) mass is 328 g/mol. The number of nitrogens with zero attached hydrogens (tertiary/aromatic N) is 2. The molecular formula is C13H10Cl2N2O4. The minimum Gasteiger partial charge on any atom is -0.292 e. The van der Waals surface area contributed by atoms with Crippen LogP contribution in [0, 0.1) is 0 Å². The van der Waals surface area contributed by atoms with Crippen LogP contribution in [-0.4, -0.2) is 46.5 Å². The van der Waals surface area contributed by atoms with Crippen molar-refractivity contribution < 1.29 is 19.2 Å². The van der Waals surface area contributed by atoms with Crippen molar-refractivity contribution in [1.82, 2.24) is 9.80 Å². The molecule has 0 unspecified atom stereocenters. The van der Waals surface area contributed by atoms with Crippen LogP contribution in [0.1, 0.15) is 17.3 Å². The van der Waals surface area contributed by atoms with E-state index in [-0.39, 0.29) is 17.1 Å². The first-order valence-corrected chi connectivity index (χ1v) is 6.78. The van der Waals surface area contributed by atoms with Crippen LogP contribution in [-0.2, 0) is 9.59 Å². The average Bonchev–Trinajstić information content (AvgIpc) is 2.62. The molecule has 1 aliphatic heterocycles. The molecule has 8 heteroatoms. The zero-order valence-corrected chi connectivity index (χ0v) is 12.4. The van der Waals surface area contributed by atoms with Crippen molar-refractivity contribution in [3.05, 3.63) is 33.8 Å². The molecule has 0 bridgehead atoms. The van der Waals surface area contributed by atoms with Crippen LogP contribution >= 0.6 is 23.2 Å². The molecule has 2 rings (SSSR count). The summed E-state index contributed by atoms with van der Waals surface area (Å²) in [6.45, 7) is 1.08. The van der Waals surface area contributed by atoms with Crippen LogP contribution in [0.2, 0.25) is 10.0 Å². The second-order valence-electron chi connectivity index (χ2n) is 4.27. The van der Waals surface area contributed by atoms with E-state index in [9.17, 15) is 19.2 Å².